The Morgan fingerprint density at radius 1 is 1.53 bits per heavy atom. The smallest absolute Gasteiger partial charge is 0.340 e. The normalized spacial score (nSPS) is 10.5. The summed E-state index contributed by atoms with van der Waals surface area (Å²) < 4.78 is 4.71. The van der Waals surface area contributed by atoms with Crippen LogP contribution in [0.1, 0.15) is 15.9 Å². The summed E-state index contributed by atoms with van der Waals surface area (Å²) in [6.07, 6.45) is 1.68. The molecule has 15 heavy (non-hydrogen) atoms. The Kier molecular flexibility index (Phi) is 2.77. The van der Waals surface area contributed by atoms with E-state index in [9.17, 15) is 4.79 Å². The van der Waals surface area contributed by atoms with Crippen LogP contribution in [0.4, 0.5) is 0 Å². The number of H-pyrrole nitrogens is 1. The van der Waals surface area contributed by atoms with Crippen molar-refractivity contribution in [3.63, 3.8) is 0 Å². The monoisotopic (exact) mass is 267 g/mol. The van der Waals surface area contributed by atoms with Crippen LogP contribution in [0.5, 0.6) is 0 Å². The molecule has 1 heterocycles. The maximum Gasteiger partial charge on any atom is 0.340 e. The standard InChI is InChI=1S/C11H10BrNO2/c1-15-11(14)9-6-13-10-7(5-12)3-2-4-8(9)10/h2-4,6,13H,5H2,1H3. The van der Waals surface area contributed by atoms with Crippen LogP contribution < -0.4 is 0 Å². The molecule has 0 aliphatic heterocycles. The molecule has 0 saturated carbocycles. The van der Waals surface area contributed by atoms with E-state index in [0.29, 0.717) is 5.56 Å². The molecule has 0 aliphatic rings. The van der Waals surface area contributed by atoms with Crippen molar-refractivity contribution in [3.8, 4) is 0 Å². The molecular weight excluding hydrogens is 258 g/mol. The lowest BCUT2D eigenvalue weighted by molar-refractivity contribution is 0.0603. The van der Waals surface area contributed by atoms with E-state index < -0.39 is 0 Å². The molecule has 0 fully saturated rings. The highest BCUT2D eigenvalue weighted by Crippen LogP contribution is 2.23. The number of halogens is 1. The third kappa shape index (κ3) is 1.65. The summed E-state index contributed by atoms with van der Waals surface area (Å²) in [4.78, 5) is 14.5. The van der Waals surface area contributed by atoms with Crippen LogP contribution in [0.3, 0.4) is 0 Å². The van der Waals surface area contributed by atoms with Crippen LogP contribution in [0.15, 0.2) is 24.4 Å². The fourth-order valence-corrected chi connectivity index (χ4v) is 2.07. The van der Waals surface area contributed by atoms with Crippen molar-refractivity contribution in [2.45, 2.75) is 5.33 Å². The van der Waals surface area contributed by atoms with Gasteiger partial charge in [0, 0.05) is 16.9 Å². The summed E-state index contributed by atoms with van der Waals surface area (Å²) in [5.74, 6) is -0.312. The van der Waals surface area contributed by atoms with Crippen LogP contribution in [0.25, 0.3) is 10.9 Å². The number of ether oxygens (including phenoxy) is 1. The Morgan fingerprint density at radius 2 is 2.33 bits per heavy atom. The highest BCUT2D eigenvalue weighted by molar-refractivity contribution is 9.08. The first-order valence-corrected chi connectivity index (χ1v) is 5.63. The van der Waals surface area contributed by atoms with Crippen LogP contribution in [-0.4, -0.2) is 18.1 Å². The maximum atomic E-state index is 11.4. The number of aromatic nitrogens is 1. The van der Waals surface area contributed by atoms with Crippen LogP contribution in [-0.2, 0) is 10.1 Å². The predicted octanol–water partition coefficient (Wildman–Crippen LogP) is 2.85. The third-order valence-corrected chi connectivity index (χ3v) is 2.96. The van der Waals surface area contributed by atoms with Gasteiger partial charge in [-0.25, -0.2) is 4.79 Å². The second-order valence-electron chi connectivity index (χ2n) is 3.17. The van der Waals surface area contributed by atoms with Crippen molar-refractivity contribution < 1.29 is 9.53 Å². The summed E-state index contributed by atoms with van der Waals surface area (Å²) in [6, 6.07) is 5.85. The van der Waals surface area contributed by atoms with Gasteiger partial charge in [0.2, 0.25) is 0 Å². The zero-order valence-corrected chi connectivity index (χ0v) is 9.80. The molecule has 1 aromatic carbocycles. The van der Waals surface area contributed by atoms with Gasteiger partial charge in [-0.05, 0) is 5.56 Å². The molecule has 0 aliphatic carbocycles. The van der Waals surface area contributed by atoms with Gasteiger partial charge in [0.15, 0.2) is 0 Å². The Bertz CT molecular complexity index is 504. The minimum Gasteiger partial charge on any atom is -0.465 e. The Morgan fingerprint density at radius 3 is 3.00 bits per heavy atom. The highest BCUT2D eigenvalue weighted by Gasteiger charge is 2.13. The number of carbonyl (C=O) groups is 1. The zero-order valence-electron chi connectivity index (χ0n) is 8.21. The largest absolute Gasteiger partial charge is 0.465 e. The van der Waals surface area contributed by atoms with Crippen molar-refractivity contribution in [2.24, 2.45) is 0 Å². The lowest BCUT2D eigenvalue weighted by atomic mass is 10.1. The average Bonchev–Trinajstić information content (AvgIpc) is 2.71. The lowest BCUT2D eigenvalue weighted by Gasteiger charge is -1.99. The fourth-order valence-electron chi connectivity index (χ4n) is 1.61. The molecule has 3 nitrogen and oxygen atoms in total. The van der Waals surface area contributed by atoms with Gasteiger partial charge in [-0.15, -0.1) is 0 Å². The molecule has 4 heteroatoms. The minimum atomic E-state index is -0.312. The number of carbonyl (C=O) groups excluding carboxylic acids is 1. The predicted molar refractivity (Wildman–Crippen MR) is 62.3 cm³/mol. The van der Waals surface area contributed by atoms with Crippen LogP contribution in [0, 0.1) is 0 Å². The molecule has 1 N–H and O–H groups in total. The number of hydrogen-bond acceptors (Lipinski definition) is 2. The molecule has 0 bridgehead atoms. The van der Waals surface area contributed by atoms with E-state index in [1.165, 1.54) is 7.11 Å². The maximum absolute atomic E-state index is 11.4. The van der Waals surface area contributed by atoms with Crippen LogP contribution >= 0.6 is 15.9 Å². The molecule has 1 aromatic heterocycles. The number of fused-ring (bicyclic) bond motifs is 1. The van der Waals surface area contributed by atoms with E-state index in [4.69, 9.17) is 4.74 Å². The van der Waals surface area contributed by atoms with Gasteiger partial charge < -0.3 is 9.72 Å². The molecule has 0 radical (unpaired) electrons. The molecule has 0 amide bonds. The SMILES string of the molecule is COC(=O)c1c[nH]c2c(CBr)cccc12. The van der Waals surface area contributed by atoms with Gasteiger partial charge in [-0.3, -0.25) is 0 Å². The summed E-state index contributed by atoms with van der Waals surface area (Å²) >= 11 is 3.41. The van der Waals surface area contributed by atoms with E-state index in [2.05, 4.69) is 20.9 Å². The number of alkyl halides is 1. The highest BCUT2D eigenvalue weighted by atomic mass is 79.9. The van der Waals surface area contributed by atoms with E-state index in [1.54, 1.807) is 6.20 Å². The number of hydrogen-bond donors (Lipinski definition) is 1. The van der Waals surface area contributed by atoms with Gasteiger partial charge >= 0.3 is 5.97 Å². The summed E-state index contributed by atoms with van der Waals surface area (Å²) in [7, 11) is 1.38. The number of methoxy groups -OCH3 is 1. The molecule has 0 atom stereocenters. The number of aromatic amines is 1. The second kappa shape index (κ2) is 4.06. The molecule has 2 rings (SSSR count). The van der Waals surface area contributed by atoms with Gasteiger partial charge in [0.1, 0.15) is 0 Å². The van der Waals surface area contributed by atoms with Crippen LogP contribution in [0.2, 0.25) is 0 Å². The minimum absolute atomic E-state index is 0.312. The molecule has 78 valence electrons. The van der Waals surface area contributed by atoms with Crippen molar-refractivity contribution in [1.82, 2.24) is 4.98 Å². The van der Waals surface area contributed by atoms with Gasteiger partial charge in [-0.2, -0.15) is 0 Å². The average molecular weight is 268 g/mol. The molecule has 0 unspecified atom stereocenters. The first kappa shape index (κ1) is 10.2. The molecule has 2 aromatic rings. The van der Waals surface area contributed by atoms with Gasteiger partial charge in [0.25, 0.3) is 0 Å². The second-order valence-corrected chi connectivity index (χ2v) is 3.73. The van der Waals surface area contributed by atoms with Gasteiger partial charge in [-0.1, -0.05) is 34.1 Å². The van der Waals surface area contributed by atoms with E-state index in [0.717, 1.165) is 21.8 Å². The third-order valence-electron chi connectivity index (χ3n) is 2.35. The van der Waals surface area contributed by atoms with Crippen molar-refractivity contribution in [1.29, 1.82) is 0 Å². The van der Waals surface area contributed by atoms with Crippen molar-refractivity contribution >= 4 is 32.8 Å². The Labute approximate surface area is 95.6 Å². The summed E-state index contributed by atoms with van der Waals surface area (Å²) in [5.41, 5.74) is 2.69. The molecular formula is C11H10BrNO2. The Balaban J connectivity index is 2.66. The Hall–Kier alpha value is -1.29. The van der Waals surface area contributed by atoms with E-state index >= 15 is 0 Å². The van der Waals surface area contributed by atoms with Crippen molar-refractivity contribution in [2.75, 3.05) is 7.11 Å². The topological polar surface area (TPSA) is 42.1 Å². The fraction of sp³-hybridized carbons (Fsp3) is 0.182. The molecule has 0 saturated heterocycles. The summed E-state index contributed by atoms with van der Waals surface area (Å²) in [5, 5.41) is 1.66. The lowest BCUT2D eigenvalue weighted by Crippen LogP contribution is -1.99. The summed E-state index contributed by atoms with van der Waals surface area (Å²) in [6.45, 7) is 0. The number of para-hydroxylation sites is 1. The van der Waals surface area contributed by atoms with Crippen molar-refractivity contribution in [3.05, 3.63) is 35.5 Å². The molecule has 0 spiro atoms. The quantitative estimate of drug-likeness (QED) is 0.672. The first-order valence-electron chi connectivity index (χ1n) is 4.51. The van der Waals surface area contributed by atoms with Gasteiger partial charge in [0.05, 0.1) is 18.2 Å². The van der Waals surface area contributed by atoms with E-state index in [1.807, 2.05) is 18.2 Å². The number of benzene rings is 1. The first-order chi connectivity index (χ1) is 7.27. The number of nitrogens with one attached hydrogen (secondary N) is 1. The number of esters is 1. The van der Waals surface area contributed by atoms with E-state index in [-0.39, 0.29) is 5.97 Å². The zero-order chi connectivity index (χ0) is 10.8. The number of rotatable bonds is 2.